The van der Waals surface area contributed by atoms with Gasteiger partial charge >= 0.3 is 11.9 Å². The first-order valence-electron chi connectivity index (χ1n) is 5.25. The van der Waals surface area contributed by atoms with Gasteiger partial charge in [0, 0.05) is 0 Å². The zero-order valence-corrected chi connectivity index (χ0v) is 10.1. The topological polar surface area (TPSA) is 52.6 Å². The van der Waals surface area contributed by atoms with Crippen LogP contribution in [0.1, 0.15) is 17.3 Å². The molecule has 0 saturated heterocycles. The molecule has 0 aliphatic rings. The van der Waals surface area contributed by atoms with Gasteiger partial charge in [-0.25, -0.2) is 27.2 Å². The van der Waals surface area contributed by atoms with Crippen LogP contribution < -0.4 is 0 Å². The maximum Gasteiger partial charge on any atom is 0.349 e. The fourth-order valence-corrected chi connectivity index (χ4v) is 1.10. The molecule has 0 heterocycles. The van der Waals surface area contributed by atoms with Gasteiger partial charge in [-0.15, -0.1) is 0 Å². The molecule has 0 aliphatic carbocycles. The van der Waals surface area contributed by atoms with Gasteiger partial charge in [0.15, 0.2) is 23.3 Å². The number of carbonyl (C=O) groups is 2. The molecule has 4 nitrogen and oxygen atoms in total. The molecule has 0 radical (unpaired) electrons. The molecule has 0 spiro atoms. The van der Waals surface area contributed by atoms with Gasteiger partial charge in [-0.3, -0.25) is 0 Å². The van der Waals surface area contributed by atoms with Crippen molar-refractivity contribution in [1.82, 2.24) is 0 Å². The van der Waals surface area contributed by atoms with E-state index in [1.807, 2.05) is 0 Å². The quantitative estimate of drug-likeness (QED) is 0.163. The molecule has 0 aromatic heterocycles. The van der Waals surface area contributed by atoms with Gasteiger partial charge in [0.1, 0.15) is 5.56 Å². The number of ether oxygens (including phenoxy) is 2. The first-order chi connectivity index (χ1) is 9.38. The molecule has 0 saturated carbocycles. The van der Waals surface area contributed by atoms with Gasteiger partial charge in [0.05, 0.1) is 18.9 Å². The minimum atomic E-state index is -2.17. The third-order valence-electron chi connectivity index (χ3n) is 1.98. The van der Waals surface area contributed by atoms with Crippen molar-refractivity contribution in [1.29, 1.82) is 0 Å². The van der Waals surface area contributed by atoms with Crippen LogP contribution in [-0.4, -0.2) is 18.5 Å². The fourth-order valence-electron chi connectivity index (χ4n) is 1.10. The number of rotatable bonds is 4. The van der Waals surface area contributed by atoms with E-state index in [0.717, 1.165) is 6.26 Å². The number of esters is 2. The van der Waals surface area contributed by atoms with Crippen LogP contribution in [0.5, 0.6) is 0 Å². The smallest absolute Gasteiger partial charge is 0.349 e. The third kappa shape index (κ3) is 3.56. The summed E-state index contributed by atoms with van der Waals surface area (Å²) in [6, 6.07) is 0.0929. The van der Waals surface area contributed by atoms with Crippen molar-refractivity contribution in [3.8, 4) is 0 Å². The lowest BCUT2D eigenvalue weighted by atomic mass is 10.2. The van der Waals surface area contributed by atoms with Gasteiger partial charge in [-0.05, 0) is 13.0 Å². The highest BCUT2D eigenvalue weighted by Crippen LogP contribution is 2.19. The molecule has 1 aromatic rings. The Morgan fingerprint density at radius 1 is 1.15 bits per heavy atom. The highest BCUT2D eigenvalue weighted by atomic mass is 19.2. The number of hydrogen-bond donors (Lipinski definition) is 0. The van der Waals surface area contributed by atoms with Crippen LogP contribution in [-0.2, 0) is 14.3 Å². The van der Waals surface area contributed by atoms with Gasteiger partial charge < -0.3 is 9.47 Å². The van der Waals surface area contributed by atoms with E-state index in [1.54, 1.807) is 6.92 Å². The highest BCUT2D eigenvalue weighted by molar-refractivity contribution is 6.00. The second kappa shape index (κ2) is 6.69. The summed E-state index contributed by atoms with van der Waals surface area (Å²) in [5.41, 5.74) is -1.24. The van der Waals surface area contributed by atoms with Gasteiger partial charge in [0.2, 0.25) is 0 Å². The summed E-state index contributed by atoms with van der Waals surface area (Å²) in [4.78, 5) is 22.4. The number of benzene rings is 1. The molecule has 8 heteroatoms. The lowest BCUT2D eigenvalue weighted by Crippen LogP contribution is -2.14. The van der Waals surface area contributed by atoms with Gasteiger partial charge in [0.25, 0.3) is 0 Å². The molecule has 0 N–H and O–H groups in total. The first-order valence-corrected chi connectivity index (χ1v) is 5.25. The Morgan fingerprint density at radius 3 is 2.40 bits per heavy atom. The molecule has 1 rings (SSSR count). The number of hydrogen-bond acceptors (Lipinski definition) is 4. The number of halogens is 4. The van der Waals surface area contributed by atoms with Crippen LogP contribution in [0, 0.1) is 23.3 Å². The second-order valence-corrected chi connectivity index (χ2v) is 3.31. The Balaban J connectivity index is 2.91. The van der Waals surface area contributed by atoms with E-state index >= 15 is 0 Å². The highest BCUT2D eigenvalue weighted by Gasteiger charge is 2.25. The number of carbonyl (C=O) groups excluding carboxylic acids is 2. The van der Waals surface area contributed by atoms with E-state index in [2.05, 4.69) is 9.47 Å². The average molecular weight is 292 g/mol. The van der Waals surface area contributed by atoms with Crippen LogP contribution in [0.2, 0.25) is 0 Å². The Labute approximate surface area is 110 Å². The summed E-state index contributed by atoms with van der Waals surface area (Å²) in [5.74, 6) is -10.9. The maximum atomic E-state index is 13.2. The molecular weight excluding hydrogens is 284 g/mol. The molecule has 1 aromatic carbocycles. The van der Waals surface area contributed by atoms with E-state index in [1.165, 1.54) is 0 Å². The fraction of sp³-hybridized carbons (Fsp3) is 0.167. The third-order valence-corrected chi connectivity index (χ3v) is 1.98. The van der Waals surface area contributed by atoms with Crippen molar-refractivity contribution >= 4 is 11.9 Å². The van der Waals surface area contributed by atoms with Crippen molar-refractivity contribution in [2.24, 2.45) is 0 Å². The van der Waals surface area contributed by atoms with Crippen molar-refractivity contribution in [3.05, 3.63) is 47.2 Å². The Hall–Kier alpha value is -2.38. The first kappa shape index (κ1) is 15.7. The second-order valence-electron chi connectivity index (χ2n) is 3.31. The van der Waals surface area contributed by atoms with Crippen molar-refractivity contribution in [2.75, 3.05) is 6.61 Å². The largest absolute Gasteiger partial charge is 0.501 e. The van der Waals surface area contributed by atoms with Crippen LogP contribution in [0.4, 0.5) is 17.6 Å². The van der Waals surface area contributed by atoms with E-state index < -0.39 is 40.8 Å². The maximum absolute atomic E-state index is 13.2. The molecule has 0 aliphatic heterocycles. The predicted octanol–water partition coefficient (Wildman–Crippen LogP) is 2.48. The monoisotopic (exact) mass is 292 g/mol. The van der Waals surface area contributed by atoms with Crippen molar-refractivity contribution in [3.63, 3.8) is 0 Å². The minimum absolute atomic E-state index is 0.0929. The molecule has 0 amide bonds. The van der Waals surface area contributed by atoms with Crippen LogP contribution in [0.25, 0.3) is 0 Å². The summed E-state index contributed by atoms with van der Waals surface area (Å²) >= 11 is 0. The molecular formula is C12H8F4O4. The summed E-state index contributed by atoms with van der Waals surface area (Å²) in [6.07, 6.45) is 1.62. The average Bonchev–Trinajstić information content (AvgIpc) is 2.40. The van der Waals surface area contributed by atoms with E-state index in [-0.39, 0.29) is 12.7 Å². The van der Waals surface area contributed by atoms with E-state index in [9.17, 15) is 27.2 Å². The van der Waals surface area contributed by atoms with Crippen LogP contribution >= 0.6 is 0 Å². The zero-order valence-electron chi connectivity index (χ0n) is 10.1. The molecule has 108 valence electrons. The predicted molar refractivity (Wildman–Crippen MR) is 57.5 cm³/mol. The minimum Gasteiger partial charge on any atom is -0.501 e. The molecule has 0 fully saturated rings. The van der Waals surface area contributed by atoms with Gasteiger partial charge in [-0.2, -0.15) is 0 Å². The summed E-state index contributed by atoms with van der Waals surface area (Å²) < 4.78 is 60.3. The van der Waals surface area contributed by atoms with Crippen LogP contribution in [0.15, 0.2) is 18.4 Å². The summed E-state index contributed by atoms with van der Waals surface area (Å²) in [7, 11) is 0. The van der Waals surface area contributed by atoms with Crippen molar-refractivity contribution in [2.45, 2.75) is 6.92 Å². The molecule has 0 bridgehead atoms. The lowest BCUT2D eigenvalue weighted by Gasteiger charge is -2.04. The van der Waals surface area contributed by atoms with E-state index in [4.69, 9.17) is 0 Å². The zero-order chi connectivity index (χ0) is 15.3. The Bertz CT molecular complexity index is 569. The van der Waals surface area contributed by atoms with E-state index in [0.29, 0.717) is 6.08 Å². The summed E-state index contributed by atoms with van der Waals surface area (Å²) in [5, 5.41) is 0. The Morgan fingerprint density at radius 2 is 1.80 bits per heavy atom. The molecule has 0 unspecified atom stereocenters. The summed E-state index contributed by atoms with van der Waals surface area (Å²) in [6.45, 7) is 1.88. The molecule has 0 atom stereocenters. The standard InChI is InChI=1S/C12H8F4O4/c1-2-19-4-3-8(17)20-12(18)6-5-7(13)10(15)11(16)9(6)14/h3-5H,2H2,1H3. The van der Waals surface area contributed by atoms with Crippen molar-refractivity contribution < 1.29 is 36.6 Å². The Kier molecular flexibility index (Phi) is 5.24. The molecule has 20 heavy (non-hydrogen) atoms. The van der Waals surface area contributed by atoms with Gasteiger partial charge in [-0.1, -0.05) is 0 Å². The lowest BCUT2D eigenvalue weighted by molar-refractivity contribution is -0.132. The normalized spacial score (nSPS) is 10.7. The van der Waals surface area contributed by atoms with Crippen LogP contribution in [0.3, 0.4) is 0 Å². The SMILES string of the molecule is CCOC=CC(=O)OC(=O)c1cc(F)c(F)c(F)c1F.